The molecule has 0 aliphatic rings. The number of pyridine rings is 1. The van der Waals surface area contributed by atoms with Gasteiger partial charge in [0.05, 0.1) is 16.9 Å². The minimum Gasteiger partial charge on any atom is -0.283 e. The van der Waals surface area contributed by atoms with Gasteiger partial charge in [-0.15, -0.1) is 10.2 Å². The minimum absolute atomic E-state index is 0.139. The SMILES string of the molecule is Cc1nc2ccccn2c1N=Nc1cccc(C(F)(F)F)c1. The van der Waals surface area contributed by atoms with Crippen molar-refractivity contribution >= 4 is 17.2 Å². The number of nitrogens with zero attached hydrogens (tertiary/aromatic N) is 4. The Balaban J connectivity index is 1.98. The molecular weight excluding hydrogens is 293 g/mol. The van der Waals surface area contributed by atoms with E-state index in [9.17, 15) is 13.2 Å². The maximum Gasteiger partial charge on any atom is 0.416 e. The van der Waals surface area contributed by atoms with Gasteiger partial charge in [-0.05, 0) is 37.3 Å². The molecule has 0 unspecified atom stereocenters. The quantitative estimate of drug-likeness (QED) is 0.609. The number of aryl methyl sites for hydroxylation is 1. The number of rotatable bonds is 2. The number of fused-ring (bicyclic) bond motifs is 1. The molecule has 0 fully saturated rings. The highest BCUT2D eigenvalue weighted by Crippen LogP contribution is 2.32. The molecule has 0 aliphatic heterocycles. The number of alkyl halides is 3. The number of hydrogen-bond acceptors (Lipinski definition) is 3. The summed E-state index contributed by atoms with van der Waals surface area (Å²) in [5.41, 5.74) is 0.749. The lowest BCUT2D eigenvalue weighted by Gasteiger charge is -2.05. The van der Waals surface area contributed by atoms with E-state index >= 15 is 0 Å². The highest BCUT2D eigenvalue weighted by Gasteiger charge is 2.30. The van der Waals surface area contributed by atoms with Crippen molar-refractivity contribution in [1.82, 2.24) is 9.38 Å². The molecule has 1 aromatic carbocycles. The zero-order valence-corrected chi connectivity index (χ0v) is 11.5. The Kier molecular flexibility index (Phi) is 3.40. The van der Waals surface area contributed by atoms with Crippen LogP contribution in [-0.2, 0) is 6.18 Å². The molecule has 2 aromatic heterocycles. The van der Waals surface area contributed by atoms with Crippen LogP contribution in [0.15, 0.2) is 58.9 Å². The van der Waals surface area contributed by atoms with Crippen LogP contribution in [0.3, 0.4) is 0 Å². The molecule has 0 bridgehead atoms. The Hall–Kier alpha value is -2.70. The third-order valence-corrected chi connectivity index (χ3v) is 3.11. The summed E-state index contributed by atoms with van der Waals surface area (Å²) in [5.74, 6) is 0.494. The van der Waals surface area contributed by atoms with Crippen molar-refractivity contribution in [2.24, 2.45) is 10.2 Å². The van der Waals surface area contributed by atoms with E-state index in [0.29, 0.717) is 17.2 Å². The van der Waals surface area contributed by atoms with Crippen molar-refractivity contribution in [3.8, 4) is 0 Å². The van der Waals surface area contributed by atoms with E-state index in [1.54, 1.807) is 17.5 Å². The standard InChI is InChI=1S/C15H11F3N4/c1-10-14(22-8-3-2-7-13(22)19-10)21-20-12-6-4-5-11(9-12)15(16,17)18/h2-9H,1H3. The van der Waals surface area contributed by atoms with Crippen LogP contribution in [0.4, 0.5) is 24.7 Å². The third kappa shape index (κ3) is 2.69. The molecule has 0 radical (unpaired) electrons. The number of benzene rings is 1. The zero-order valence-electron chi connectivity index (χ0n) is 11.5. The number of azo groups is 1. The fraction of sp³-hybridized carbons (Fsp3) is 0.133. The van der Waals surface area contributed by atoms with Gasteiger partial charge in [0.1, 0.15) is 5.65 Å². The molecular formula is C15H11F3N4. The summed E-state index contributed by atoms with van der Waals surface area (Å²) in [4.78, 5) is 4.31. The molecule has 0 amide bonds. The van der Waals surface area contributed by atoms with Gasteiger partial charge in [-0.3, -0.25) is 4.40 Å². The van der Waals surface area contributed by atoms with Crippen molar-refractivity contribution in [3.63, 3.8) is 0 Å². The van der Waals surface area contributed by atoms with E-state index in [0.717, 1.165) is 12.1 Å². The van der Waals surface area contributed by atoms with Gasteiger partial charge >= 0.3 is 6.18 Å². The van der Waals surface area contributed by atoms with E-state index in [-0.39, 0.29) is 5.69 Å². The summed E-state index contributed by atoms with van der Waals surface area (Å²) in [6, 6.07) is 10.2. The minimum atomic E-state index is -4.40. The number of halogens is 3. The topological polar surface area (TPSA) is 42.0 Å². The normalized spacial score (nSPS) is 12.4. The van der Waals surface area contributed by atoms with Crippen molar-refractivity contribution < 1.29 is 13.2 Å². The molecule has 0 saturated carbocycles. The Bertz CT molecular complexity index is 849. The van der Waals surface area contributed by atoms with Gasteiger partial charge in [-0.1, -0.05) is 12.1 Å². The largest absolute Gasteiger partial charge is 0.416 e. The molecule has 4 nitrogen and oxygen atoms in total. The van der Waals surface area contributed by atoms with Gasteiger partial charge in [-0.2, -0.15) is 13.2 Å². The molecule has 0 N–H and O–H groups in total. The van der Waals surface area contributed by atoms with Crippen LogP contribution in [0.5, 0.6) is 0 Å². The molecule has 3 rings (SSSR count). The zero-order chi connectivity index (χ0) is 15.7. The predicted molar refractivity (Wildman–Crippen MR) is 75.5 cm³/mol. The summed E-state index contributed by atoms with van der Waals surface area (Å²) in [6.07, 6.45) is -2.62. The van der Waals surface area contributed by atoms with Gasteiger partial charge in [-0.25, -0.2) is 4.98 Å². The first kappa shape index (κ1) is 14.2. The third-order valence-electron chi connectivity index (χ3n) is 3.11. The van der Waals surface area contributed by atoms with E-state index in [4.69, 9.17) is 0 Å². The Morgan fingerprint density at radius 3 is 2.64 bits per heavy atom. The molecule has 3 aromatic rings. The second kappa shape index (κ2) is 5.25. The number of aromatic nitrogens is 2. The summed E-state index contributed by atoms with van der Waals surface area (Å²) in [7, 11) is 0. The lowest BCUT2D eigenvalue weighted by atomic mass is 10.2. The molecule has 0 aliphatic carbocycles. The van der Waals surface area contributed by atoms with Gasteiger partial charge < -0.3 is 0 Å². The second-order valence-electron chi connectivity index (χ2n) is 4.70. The Morgan fingerprint density at radius 2 is 1.86 bits per heavy atom. The summed E-state index contributed by atoms with van der Waals surface area (Å²) in [6.45, 7) is 1.77. The van der Waals surface area contributed by atoms with Crippen LogP contribution in [0.2, 0.25) is 0 Å². The van der Waals surface area contributed by atoms with Gasteiger partial charge in [0.2, 0.25) is 0 Å². The van der Waals surface area contributed by atoms with Gasteiger partial charge in [0, 0.05) is 6.20 Å². The highest BCUT2D eigenvalue weighted by molar-refractivity contribution is 5.51. The van der Waals surface area contributed by atoms with Crippen LogP contribution in [-0.4, -0.2) is 9.38 Å². The fourth-order valence-corrected chi connectivity index (χ4v) is 2.07. The predicted octanol–water partition coefficient (Wildman–Crippen LogP) is 5.08. The Morgan fingerprint density at radius 1 is 1.05 bits per heavy atom. The first-order valence-corrected chi connectivity index (χ1v) is 6.48. The molecule has 0 spiro atoms. The summed E-state index contributed by atoms with van der Waals surface area (Å²) < 4.78 is 39.7. The van der Waals surface area contributed by atoms with Crippen LogP contribution in [0.1, 0.15) is 11.3 Å². The van der Waals surface area contributed by atoms with Crippen molar-refractivity contribution in [1.29, 1.82) is 0 Å². The van der Waals surface area contributed by atoms with Crippen LogP contribution in [0, 0.1) is 6.92 Å². The molecule has 2 heterocycles. The van der Waals surface area contributed by atoms with E-state index in [1.807, 2.05) is 18.2 Å². The van der Waals surface area contributed by atoms with Gasteiger partial charge in [0.25, 0.3) is 0 Å². The fourth-order valence-electron chi connectivity index (χ4n) is 2.07. The van der Waals surface area contributed by atoms with Crippen LogP contribution in [0.25, 0.3) is 5.65 Å². The first-order valence-electron chi connectivity index (χ1n) is 6.48. The maximum absolute atomic E-state index is 12.7. The summed E-state index contributed by atoms with van der Waals surface area (Å²) >= 11 is 0. The lowest BCUT2D eigenvalue weighted by Crippen LogP contribution is -2.03. The van der Waals surface area contributed by atoms with Crippen molar-refractivity contribution in [3.05, 3.63) is 59.9 Å². The first-order chi connectivity index (χ1) is 10.4. The van der Waals surface area contributed by atoms with Gasteiger partial charge in [0.15, 0.2) is 5.82 Å². The van der Waals surface area contributed by atoms with Crippen LogP contribution < -0.4 is 0 Å². The smallest absolute Gasteiger partial charge is 0.283 e. The average molecular weight is 304 g/mol. The second-order valence-corrected chi connectivity index (χ2v) is 4.70. The van der Waals surface area contributed by atoms with Crippen LogP contribution >= 0.6 is 0 Å². The molecule has 0 saturated heterocycles. The van der Waals surface area contributed by atoms with E-state index in [1.165, 1.54) is 12.1 Å². The molecule has 0 atom stereocenters. The highest BCUT2D eigenvalue weighted by atomic mass is 19.4. The monoisotopic (exact) mass is 304 g/mol. The van der Waals surface area contributed by atoms with E-state index < -0.39 is 11.7 Å². The lowest BCUT2D eigenvalue weighted by molar-refractivity contribution is -0.137. The van der Waals surface area contributed by atoms with Crippen molar-refractivity contribution in [2.45, 2.75) is 13.1 Å². The van der Waals surface area contributed by atoms with E-state index in [2.05, 4.69) is 15.2 Å². The summed E-state index contributed by atoms with van der Waals surface area (Å²) in [5, 5.41) is 7.94. The van der Waals surface area contributed by atoms with Crippen molar-refractivity contribution in [2.75, 3.05) is 0 Å². The molecule has 7 heteroatoms. The average Bonchev–Trinajstić information content (AvgIpc) is 2.80. The maximum atomic E-state index is 12.7. The Labute approximate surface area is 123 Å². The number of hydrogen-bond donors (Lipinski definition) is 0. The number of imidazole rings is 1. The molecule has 22 heavy (non-hydrogen) atoms. The molecule has 112 valence electrons.